The summed E-state index contributed by atoms with van der Waals surface area (Å²) < 4.78 is 0. The second kappa shape index (κ2) is 5.51. The van der Waals surface area contributed by atoms with Crippen molar-refractivity contribution in [3.8, 4) is 0 Å². The molecule has 1 N–H and O–H groups in total. The van der Waals surface area contributed by atoms with Crippen LogP contribution >= 0.6 is 0 Å². The van der Waals surface area contributed by atoms with E-state index < -0.39 is 0 Å². The molecule has 0 aliphatic rings. The molecule has 1 heterocycles. The maximum Gasteiger partial charge on any atom is 0.134 e. The molecule has 0 aromatic carbocycles. The van der Waals surface area contributed by atoms with Gasteiger partial charge < -0.3 is 10.0 Å². The Kier molecular flexibility index (Phi) is 4.31. The summed E-state index contributed by atoms with van der Waals surface area (Å²) in [6.45, 7) is 9.61. The first kappa shape index (κ1) is 11.7. The van der Waals surface area contributed by atoms with Crippen LogP contribution in [0.2, 0.25) is 0 Å². The van der Waals surface area contributed by atoms with Crippen LogP contribution in [0.4, 0.5) is 5.82 Å². The van der Waals surface area contributed by atoms with Crippen LogP contribution in [0.15, 0.2) is 30.5 Å². The van der Waals surface area contributed by atoms with Gasteiger partial charge >= 0.3 is 0 Å². The minimum Gasteiger partial charge on any atom is -0.392 e. The summed E-state index contributed by atoms with van der Waals surface area (Å²) in [6.07, 6.45) is 1.75. The van der Waals surface area contributed by atoms with Crippen LogP contribution in [0, 0.1) is 0 Å². The van der Waals surface area contributed by atoms with E-state index in [-0.39, 0.29) is 6.61 Å². The number of nitrogens with zero attached hydrogens (tertiary/aromatic N) is 2. The van der Waals surface area contributed by atoms with E-state index in [1.54, 1.807) is 6.20 Å². The zero-order valence-electron chi connectivity index (χ0n) is 9.40. The molecule has 1 aromatic rings. The minimum absolute atomic E-state index is 0.0237. The second-order valence-corrected chi connectivity index (χ2v) is 3.62. The largest absolute Gasteiger partial charge is 0.392 e. The Morgan fingerprint density at radius 1 is 1.60 bits per heavy atom. The van der Waals surface area contributed by atoms with Gasteiger partial charge in [-0.3, -0.25) is 0 Å². The van der Waals surface area contributed by atoms with Gasteiger partial charge in [0.1, 0.15) is 5.82 Å². The number of aromatic nitrogens is 1. The van der Waals surface area contributed by atoms with Crippen molar-refractivity contribution in [2.45, 2.75) is 20.5 Å². The monoisotopic (exact) mass is 206 g/mol. The Morgan fingerprint density at radius 3 is 2.87 bits per heavy atom. The van der Waals surface area contributed by atoms with Gasteiger partial charge in [-0.05, 0) is 19.9 Å². The van der Waals surface area contributed by atoms with E-state index in [1.165, 1.54) is 0 Å². The molecule has 82 valence electrons. The number of likely N-dealkylation sites (N-methyl/N-ethyl adjacent to an activating group) is 1. The van der Waals surface area contributed by atoms with Crippen molar-refractivity contribution in [3.05, 3.63) is 36.0 Å². The highest BCUT2D eigenvalue weighted by atomic mass is 16.3. The lowest BCUT2D eigenvalue weighted by Crippen LogP contribution is -2.26. The summed E-state index contributed by atoms with van der Waals surface area (Å²) in [5.41, 5.74) is 1.95. The molecule has 3 nitrogen and oxygen atoms in total. The average Bonchev–Trinajstić information content (AvgIpc) is 2.25. The van der Waals surface area contributed by atoms with E-state index in [0.717, 1.165) is 30.0 Å². The van der Waals surface area contributed by atoms with Crippen molar-refractivity contribution in [1.29, 1.82) is 0 Å². The first-order valence-corrected chi connectivity index (χ1v) is 5.13. The van der Waals surface area contributed by atoms with Gasteiger partial charge in [-0.1, -0.05) is 18.2 Å². The normalized spacial score (nSPS) is 10.1. The van der Waals surface area contributed by atoms with E-state index in [4.69, 9.17) is 0 Å². The van der Waals surface area contributed by atoms with E-state index in [1.807, 2.05) is 19.1 Å². The Bertz CT molecular complexity index is 336. The van der Waals surface area contributed by atoms with Gasteiger partial charge in [-0.15, -0.1) is 0 Å². The minimum atomic E-state index is 0.0237. The number of anilines is 1. The van der Waals surface area contributed by atoms with Crippen LogP contribution < -0.4 is 4.90 Å². The third-order valence-corrected chi connectivity index (χ3v) is 2.18. The fourth-order valence-electron chi connectivity index (χ4n) is 1.50. The Labute approximate surface area is 91.1 Å². The molecule has 1 aromatic heterocycles. The van der Waals surface area contributed by atoms with Crippen LogP contribution in [0.1, 0.15) is 19.4 Å². The smallest absolute Gasteiger partial charge is 0.134 e. The Balaban J connectivity index is 2.95. The van der Waals surface area contributed by atoms with Crippen molar-refractivity contribution in [3.63, 3.8) is 0 Å². The first-order valence-electron chi connectivity index (χ1n) is 5.13. The van der Waals surface area contributed by atoms with Gasteiger partial charge in [-0.25, -0.2) is 4.98 Å². The number of aliphatic hydroxyl groups is 1. The van der Waals surface area contributed by atoms with Crippen molar-refractivity contribution in [1.82, 2.24) is 4.98 Å². The maximum absolute atomic E-state index is 9.21. The van der Waals surface area contributed by atoms with Gasteiger partial charge in [0.2, 0.25) is 0 Å². The number of aliphatic hydroxyl groups excluding tert-OH is 1. The van der Waals surface area contributed by atoms with E-state index >= 15 is 0 Å². The lowest BCUT2D eigenvalue weighted by Gasteiger charge is -2.23. The highest BCUT2D eigenvalue weighted by Crippen LogP contribution is 2.17. The Morgan fingerprint density at radius 2 is 2.33 bits per heavy atom. The first-order chi connectivity index (χ1) is 7.19. The summed E-state index contributed by atoms with van der Waals surface area (Å²) in [5, 5.41) is 9.21. The van der Waals surface area contributed by atoms with Crippen molar-refractivity contribution < 1.29 is 5.11 Å². The van der Waals surface area contributed by atoms with Gasteiger partial charge in [-0.2, -0.15) is 0 Å². The fourth-order valence-corrected chi connectivity index (χ4v) is 1.50. The molecule has 0 spiro atoms. The predicted octanol–water partition coefficient (Wildman–Crippen LogP) is 1.98. The average molecular weight is 206 g/mol. The zero-order valence-corrected chi connectivity index (χ0v) is 9.40. The number of rotatable bonds is 5. The van der Waals surface area contributed by atoms with E-state index in [9.17, 15) is 5.11 Å². The van der Waals surface area contributed by atoms with E-state index in [2.05, 4.69) is 23.4 Å². The van der Waals surface area contributed by atoms with Crippen molar-refractivity contribution in [2.24, 2.45) is 0 Å². The number of hydrogen-bond donors (Lipinski definition) is 1. The lowest BCUT2D eigenvalue weighted by molar-refractivity contribution is 0.281. The molecule has 0 unspecified atom stereocenters. The molecule has 0 saturated carbocycles. The van der Waals surface area contributed by atoms with Gasteiger partial charge in [0.05, 0.1) is 6.61 Å². The summed E-state index contributed by atoms with van der Waals surface area (Å²) in [5.74, 6) is 0.852. The Hall–Kier alpha value is -1.35. The van der Waals surface area contributed by atoms with Gasteiger partial charge in [0, 0.05) is 24.8 Å². The molecule has 0 radical (unpaired) electrons. The van der Waals surface area contributed by atoms with Gasteiger partial charge in [0.25, 0.3) is 0 Å². The number of hydrogen-bond acceptors (Lipinski definition) is 3. The molecule has 0 amide bonds. The summed E-state index contributed by atoms with van der Waals surface area (Å²) >= 11 is 0. The summed E-state index contributed by atoms with van der Waals surface area (Å²) in [6, 6.07) is 3.73. The third-order valence-electron chi connectivity index (χ3n) is 2.18. The molecule has 1 rings (SSSR count). The van der Waals surface area contributed by atoms with Crippen LogP contribution in [0.5, 0.6) is 0 Å². The molecular weight excluding hydrogens is 188 g/mol. The molecule has 0 saturated heterocycles. The molecule has 0 aliphatic carbocycles. The third kappa shape index (κ3) is 3.06. The molecular formula is C12H18N2O. The maximum atomic E-state index is 9.21. The van der Waals surface area contributed by atoms with Crippen LogP contribution in [0.3, 0.4) is 0 Å². The fraction of sp³-hybridized carbons (Fsp3) is 0.417. The summed E-state index contributed by atoms with van der Waals surface area (Å²) in [4.78, 5) is 6.40. The molecule has 15 heavy (non-hydrogen) atoms. The quantitative estimate of drug-likeness (QED) is 0.748. The molecule has 0 atom stereocenters. The topological polar surface area (TPSA) is 36.4 Å². The predicted molar refractivity (Wildman–Crippen MR) is 62.9 cm³/mol. The molecule has 0 fully saturated rings. The van der Waals surface area contributed by atoms with Crippen molar-refractivity contribution >= 4 is 5.82 Å². The zero-order chi connectivity index (χ0) is 11.3. The molecule has 0 bridgehead atoms. The van der Waals surface area contributed by atoms with Crippen molar-refractivity contribution in [2.75, 3.05) is 18.0 Å². The lowest BCUT2D eigenvalue weighted by atomic mass is 10.2. The highest BCUT2D eigenvalue weighted by Gasteiger charge is 2.09. The van der Waals surface area contributed by atoms with E-state index in [0.29, 0.717) is 0 Å². The van der Waals surface area contributed by atoms with Gasteiger partial charge in [0.15, 0.2) is 0 Å². The highest BCUT2D eigenvalue weighted by molar-refractivity contribution is 5.47. The standard InChI is InChI=1S/C12H18N2O/c1-4-14(8-10(2)3)12-11(9-15)6-5-7-13-12/h5-7,15H,2,4,8-9H2,1,3H3. The molecule has 0 aliphatic heterocycles. The SMILES string of the molecule is C=C(C)CN(CC)c1ncccc1CO. The van der Waals surface area contributed by atoms with Crippen LogP contribution in [-0.4, -0.2) is 23.2 Å². The molecule has 3 heteroatoms. The summed E-state index contributed by atoms with van der Waals surface area (Å²) in [7, 11) is 0. The second-order valence-electron chi connectivity index (χ2n) is 3.62. The number of pyridine rings is 1. The van der Waals surface area contributed by atoms with Crippen LogP contribution in [0.25, 0.3) is 0 Å². The van der Waals surface area contributed by atoms with Crippen LogP contribution in [-0.2, 0) is 6.61 Å².